The minimum Gasteiger partial charge on any atom is -0.476 e. The predicted molar refractivity (Wildman–Crippen MR) is 79.4 cm³/mol. The summed E-state index contributed by atoms with van der Waals surface area (Å²) < 4.78 is 0. The molecule has 1 aliphatic rings. The van der Waals surface area contributed by atoms with Crippen LogP contribution in [-0.4, -0.2) is 40.1 Å². The zero-order valence-electron chi connectivity index (χ0n) is 10.9. The number of urea groups is 1. The van der Waals surface area contributed by atoms with Crippen molar-refractivity contribution >= 4 is 35.1 Å². The zero-order valence-corrected chi connectivity index (χ0v) is 12.6. The molecule has 1 aliphatic heterocycles. The van der Waals surface area contributed by atoms with Crippen molar-refractivity contribution in [2.45, 2.75) is 19.4 Å². The fraction of sp³-hybridized carbons (Fsp3) is 0.583. The fourth-order valence-electron chi connectivity index (χ4n) is 1.90. The maximum Gasteiger partial charge on any atom is 0.355 e. The van der Waals surface area contributed by atoms with Crippen molar-refractivity contribution in [3.63, 3.8) is 0 Å². The Hall–Kier alpha value is -1.28. The highest BCUT2D eigenvalue weighted by molar-refractivity contribution is 7.99. The average Bonchev–Trinajstić information content (AvgIpc) is 2.93. The minimum absolute atomic E-state index is 0.0203. The second-order valence-electron chi connectivity index (χ2n) is 4.55. The second-order valence-corrected chi connectivity index (χ2v) is 6.72. The lowest BCUT2D eigenvalue weighted by atomic mass is 10.0. The summed E-state index contributed by atoms with van der Waals surface area (Å²) in [6.45, 7) is 0.953. The number of aromatic nitrogens is 1. The molecule has 0 aromatic carbocycles. The summed E-state index contributed by atoms with van der Waals surface area (Å²) >= 11 is 3.19. The highest BCUT2D eigenvalue weighted by Gasteiger charge is 2.14. The quantitative estimate of drug-likeness (QED) is 0.770. The highest BCUT2D eigenvalue weighted by Crippen LogP contribution is 2.21. The molecule has 1 fully saturated rings. The van der Waals surface area contributed by atoms with E-state index in [1.165, 1.54) is 28.2 Å². The number of thiazole rings is 1. The molecule has 1 aromatic rings. The van der Waals surface area contributed by atoms with Gasteiger partial charge in [-0.05, 0) is 30.3 Å². The lowest BCUT2D eigenvalue weighted by Crippen LogP contribution is -2.38. The Kier molecular flexibility index (Phi) is 5.66. The van der Waals surface area contributed by atoms with Gasteiger partial charge in [0.05, 0.1) is 6.54 Å². The summed E-state index contributed by atoms with van der Waals surface area (Å²) in [5, 5.41) is 16.3. The van der Waals surface area contributed by atoms with Crippen LogP contribution in [0.25, 0.3) is 0 Å². The van der Waals surface area contributed by atoms with Crippen LogP contribution in [0.15, 0.2) is 5.38 Å². The van der Waals surface area contributed by atoms with Crippen LogP contribution in [0, 0.1) is 5.92 Å². The van der Waals surface area contributed by atoms with Gasteiger partial charge < -0.3 is 15.7 Å². The van der Waals surface area contributed by atoms with Gasteiger partial charge in [0.25, 0.3) is 0 Å². The first kappa shape index (κ1) is 15.1. The fourth-order valence-corrected chi connectivity index (χ4v) is 3.81. The Labute approximate surface area is 125 Å². The number of carboxylic acids is 1. The smallest absolute Gasteiger partial charge is 0.355 e. The maximum absolute atomic E-state index is 11.6. The van der Waals surface area contributed by atoms with Gasteiger partial charge in [0.1, 0.15) is 5.01 Å². The number of carbonyl (C=O) groups excluding carboxylic acids is 1. The number of thioether (sulfide) groups is 1. The van der Waals surface area contributed by atoms with Crippen LogP contribution in [0.1, 0.15) is 28.3 Å². The van der Waals surface area contributed by atoms with E-state index in [0.29, 0.717) is 17.5 Å². The molecule has 0 saturated carbocycles. The van der Waals surface area contributed by atoms with Crippen LogP contribution in [-0.2, 0) is 6.54 Å². The molecule has 0 aliphatic carbocycles. The summed E-state index contributed by atoms with van der Waals surface area (Å²) in [6, 6.07) is -0.227. The Morgan fingerprint density at radius 3 is 2.75 bits per heavy atom. The van der Waals surface area contributed by atoms with E-state index in [4.69, 9.17) is 5.11 Å². The van der Waals surface area contributed by atoms with Gasteiger partial charge in [-0.3, -0.25) is 0 Å². The molecule has 0 bridgehead atoms. The summed E-state index contributed by atoms with van der Waals surface area (Å²) in [7, 11) is 0. The molecule has 110 valence electrons. The summed E-state index contributed by atoms with van der Waals surface area (Å²) in [5.41, 5.74) is 0.0203. The third kappa shape index (κ3) is 4.68. The topological polar surface area (TPSA) is 91.3 Å². The van der Waals surface area contributed by atoms with Crippen LogP contribution in [0.4, 0.5) is 4.79 Å². The number of carbonyl (C=O) groups is 2. The third-order valence-corrected chi connectivity index (χ3v) is 4.96. The number of nitrogens with one attached hydrogen (secondary N) is 2. The Morgan fingerprint density at radius 1 is 1.35 bits per heavy atom. The highest BCUT2D eigenvalue weighted by atomic mass is 32.2. The number of amides is 2. The number of aromatic carboxylic acids is 1. The summed E-state index contributed by atoms with van der Waals surface area (Å²) in [5.74, 6) is 1.86. The molecule has 0 unspecified atom stereocenters. The van der Waals surface area contributed by atoms with Crippen LogP contribution in [0.2, 0.25) is 0 Å². The Balaban J connectivity index is 1.67. The molecule has 1 aromatic heterocycles. The number of hydrogen-bond acceptors (Lipinski definition) is 5. The standard InChI is InChI=1S/C12H17N3O3S2/c16-11(17)9-7-20-10(15-9)6-14-12(18)13-5-8-1-3-19-4-2-8/h7-8H,1-6H2,(H,16,17)(H2,13,14,18). The van der Waals surface area contributed by atoms with Crippen LogP contribution in [0.3, 0.4) is 0 Å². The number of rotatable bonds is 5. The molecule has 2 heterocycles. The second kappa shape index (κ2) is 7.49. The first-order chi connectivity index (χ1) is 9.65. The van der Waals surface area contributed by atoms with E-state index in [0.717, 1.165) is 12.8 Å². The van der Waals surface area contributed by atoms with Gasteiger partial charge in [-0.2, -0.15) is 11.8 Å². The van der Waals surface area contributed by atoms with Crippen molar-refractivity contribution in [2.75, 3.05) is 18.1 Å². The molecule has 8 heteroatoms. The molecule has 20 heavy (non-hydrogen) atoms. The van der Waals surface area contributed by atoms with E-state index in [-0.39, 0.29) is 18.3 Å². The molecule has 2 rings (SSSR count). The van der Waals surface area contributed by atoms with Crippen molar-refractivity contribution in [3.8, 4) is 0 Å². The van der Waals surface area contributed by atoms with E-state index >= 15 is 0 Å². The average molecular weight is 315 g/mol. The largest absolute Gasteiger partial charge is 0.476 e. The molecule has 6 nitrogen and oxygen atoms in total. The van der Waals surface area contributed by atoms with E-state index in [2.05, 4.69) is 15.6 Å². The van der Waals surface area contributed by atoms with Gasteiger partial charge in [0.15, 0.2) is 5.69 Å². The molecular weight excluding hydrogens is 298 g/mol. The van der Waals surface area contributed by atoms with Gasteiger partial charge in [0, 0.05) is 11.9 Å². The Morgan fingerprint density at radius 2 is 2.10 bits per heavy atom. The van der Waals surface area contributed by atoms with Gasteiger partial charge in [-0.25, -0.2) is 14.6 Å². The van der Waals surface area contributed by atoms with Crippen molar-refractivity contribution in [3.05, 3.63) is 16.1 Å². The summed E-state index contributed by atoms with van der Waals surface area (Å²) in [4.78, 5) is 26.2. The number of carboxylic acid groups (broad SMARTS) is 1. The van der Waals surface area contributed by atoms with Crippen molar-refractivity contribution in [2.24, 2.45) is 5.92 Å². The molecular formula is C12H17N3O3S2. The van der Waals surface area contributed by atoms with E-state index in [1.54, 1.807) is 0 Å². The summed E-state index contributed by atoms with van der Waals surface area (Å²) in [6.07, 6.45) is 2.30. The molecule has 0 spiro atoms. The van der Waals surface area contributed by atoms with Crippen molar-refractivity contribution in [1.29, 1.82) is 0 Å². The maximum atomic E-state index is 11.6. The van der Waals surface area contributed by atoms with E-state index in [9.17, 15) is 9.59 Å². The van der Waals surface area contributed by atoms with Crippen LogP contribution < -0.4 is 10.6 Å². The van der Waals surface area contributed by atoms with Crippen molar-refractivity contribution < 1.29 is 14.7 Å². The molecule has 1 saturated heterocycles. The van der Waals surface area contributed by atoms with Gasteiger partial charge in [-0.1, -0.05) is 0 Å². The zero-order chi connectivity index (χ0) is 14.4. The van der Waals surface area contributed by atoms with Gasteiger partial charge in [-0.15, -0.1) is 11.3 Å². The molecule has 0 atom stereocenters. The number of hydrogen-bond donors (Lipinski definition) is 3. The normalized spacial score (nSPS) is 15.8. The number of nitrogens with zero attached hydrogens (tertiary/aromatic N) is 1. The lowest BCUT2D eigenvalue weighted by Gasteiger charge is -2.21. The van der Waals surface area contributed by atoms with Crippen LogP contribution >= 0.6 is 23.1 Å². The van der Waals surface area contributed by atoms with E-state index < -0.39 is 5.97 Å². The minimum atomic E-state index is -1.05. The first-order valence-corrected chi connectivity index (χ1v) is 8.45. The monoisotopic (exact) mass is 315 g/mol. The SMILES string of the molecule is O=C(NCc1nc(C(=O)O)cs1)NCC1CCSCC1. The third-order valence-electron chi connectivity index (χ3n) is 3.06. The Bertz CT molecular complexity index is 472. The van der Waals surface area contributed by atoms with E-state index in [1.807, 2.05) is 11.8 Å². The van der Waals surface area contributed by atoms with Crippen LogP contribution in [0.5, 0.6) is 0 Å². The molecule has 0 radical (unpaired) electrons. The van der Waals surface area contributed by atoms with Gasteiger partial charge >= 0.3 is 12.0 Å². The molecule has 3 N–H and O–H groups in total. The first-order valence-electron chi connectivity index (χ1n) is 6.42. The molecule has 2 amide bonds. The van der Waals surface area contributed by atoms with Crippen molar-refractivity contribution in [1.82, 2.24) is 15.6 Å². The lowest BCUT2D eigenvalue weighted by molar-refractivity contribution is 0.0691. The van der Waals surface area contributed by atoms with Gasteiger partial charge in [0.2, 0.25) is 0 Å². The predicted octanol–water partition coefficient (Wildman–Crippen LogP) is 1.78.